The van der Waals surface area contributed by atoms with Gasteiger partial charge in [-0.1, -0.05) is 0 Å². The first kappa shape index (κ1) is 27.1. The van der Waals surface area contributed by atoms with Crippen LogP contribution in [0.15, 0.2) is 23.1 Å². The van der Waals surface area contributed by atoms with Gasteiger partial charge in [-0.15, -0.1) is 11.8 Å². The Balaban J connectivity index is 1.04. The van der Waals surface area contributed by atoms with Crippen LogP contribution in [-0.4, -0.2) is 7.11 Å². The predicted molar refractivity (Wildman–Crippen MR) is 263 cm³/mol. The Labute approximate surface area is 392 Å². The minimum Gasteiger partial charge on any atom is -0.497 e. The number of methoxy groups -OCH3 is 1. The molecule has 0 N–H and O–H groups in total. The zero-order chi connectivity index (χ0) is 40.8. The predicted octanol–water partition coefficient (Wildman–Crippen LogP) is 14.5. The van der Waals surface area contributed by atoms with Gasteiger partial charge in [-0.25, -0.2) is 0 Å². The summed E-state index contributed by atoms with van der Waals surface area (Å²) in [6, 6.07) is 7.74. The summed E-state index contributed by atoms with van der Waals surface area (Å²) < 4.78 is 6.52. The summed E-state index contributed by atoms with van der Waals surface area (Å²) in [5.41, 5.74) is 45.8. The van der Waals surface area contributed by atoms with E-state index in [1.54, 1.807) is 10.5 Å². The van der Waals surface area contributed by atoms with Crippen molar-refractivity contribution in [3.63, 3.8) is 0 Å². The molecule has 2 spiro atoms. The molecule has 69 heavy (non-hydrogen) atoms. The van der Waals surface area contributed by atoms with Gasteiger partial charge in [0, 0.05) is 10.3 Å². The Bertz CT molecular complexity index is 5450. The highest BCUT2D eigenvalue weighted by atomic mass is 32.2. The molecule has 0 radical (unpaired) electrons. The molecule has 11 aromatic rings. The van der Waals surface area contributed by atoms with Gasteiger partial charge in [-0.3, -0.25) is 0 Å². The second-order valence-electron chi connectivity index (χ2n) is 29.0. The molecule has 22 aliphatic carbocycles. The van der Waals surface area contributed by atoms with Crippen molar-refractivity contribution in [2.24, 2.45) is 11.8 Å². The van der Waals surface area contributed by atoms with Gasteiger partial charge in [0.25, 0.3) is 0 Å². The van der Waals surface area contributed by atoms with Crippen molar-refractivity contribution in [1.29, 1.82) is 0 Å². The molecule has 23 aliphatic rings. The van der Waals surface area contributed by atoms with Crippen molar-refractivity contribution < 1.29 is 4.74 Å². The fourth-order valence-electron chi connectivity index (χ4n) is 31.9. The number of hydrogen-bond donors (Lipinski definition) is 0. The van der Waals surface area contributed by atoms with E-state index in [4.69, 9.17) is 4.74 Å². The van der Waals surface area contributed by atoms with Crippen LogP contribution < -0.4 is 4.74 Å². The monoisotopic (exact) mass is 878 g/mol. The molecule has 11 aromatic carbocycles. The Morgan fingerprint density at radius 1 is 0.333 bits per heavy atom. The molecule has 306 valence electrons. The third-order valence-corrected chi connectivity index (χ3v) is 32.1. The quantitative estimate of drug-likeness (QED) is 0.152. The van der Waals surface area contributed by atoms with Crippen LogP contribution >= 0.6 is 11.8 Å². The zero-order valence-corrected chi connectivity index (χ0v) is 37.4. The third-order valence-electron chi connectivity index (χ3n) is 30.4. The van der Waals surface area contributed by atoms with E-state index in [9.17, 15) is 0 Å². The molecular weight excluding hydrogens is 853 g/mol. The SMILES string of the molecule is COc1ccc2c(c1)C13c4c5c6c7c8c9c%10c%11c%12c%13c%14c%15c(c%16c%13c%10c7c4-%16)C1(S2)C1C%15C2c4c7c%10c%13c%15c%16c%17c%18c%19c%20c%21c%22c%23c(c4c4c%22c%19c%16c%104)C2C%14C%12C%23C%21C%11C9C%20C%18C8C6C%17C%15C5C3C%13C71. The third kappa shape index (κ3) is 1.47. The molecule has 0 amide bonds. The molecule has 0 bridgehead atoms. The van der Waals surface area contributed by atoms with Gasteiger partial charge in [0.2, 0.25) is 0 Å². The first-order chi connectivity index (χ1) is 34.4. The van der Waals surface area contributed by atoms with E-state index in [0.717, 1.165) is 5.75 Å². The molecule has 22 unspecified atom stereocenters. The van der Waals surface area contributed by atoms with Gasteiger partial charge < -0.3 is 4.74 Å². The lowest BCUT2D eigenvalue weighted by molar-refractivity contribution is 0.0341. The zero-order valence-electron chi connectivity index (χ0n) is 36.6. The van der Waals surface area contributed by atoms with Gasteiger partial charge >= 0.3 is 0 Å². The average Bonchev–Trinajstić information content (AvgIpc) is 4.22. The molecular formula is C67H26OS. The molecule has 0 saturated heterocycles. The topological polar surface area (TPSA) is 9.23 Å². The van der Waals surface area contributed by atoms with E-state index >= 15 is 0 Å². The normalized spacial score (nSPS) is 48.4. The second-order valence-corrected chi connectivity index (χ2v) is 30.3. The molecule has 1 saturated carbocycles. The maximum Gasteiger partial charge on any atom is 0.119 e. The highest BCUT2D eigenvalue weighted by Gasteiger charge is 2.89. The lowest BCUT2D eigenvalue weighted by Gasteiger charge is -2.65. The molecule has 34 rings (SSSR count). The summed E-state index contributed by atoms with van der Waals surface area (Å²) in [4.78, 5) is 1.65. The van der Waals surface area contributed by atoms with E-state index in [1.807, 2.05) is 216 Å². The van der Waals surface area contributed by atoms with Crippen LogP contribution in [0.3, 0.4) is 0 Å². The fraction of sp³-hybridized carbons (Fsp3) is 0.343. The lowest BCUT2D eigenvalue weighted by Crippen LogP contribution is -2.62. The molecule has 1 fully saturated rings. The first-order valence-electron chi connectivity index (χ1n) is 27.9. The van der Waals surface area contributed by atoms with Crippen molar-refractivity contribution in [2.45, 2.75) is 122 Å². The highest BCUT2D eigenvalue weighted by molar-refractivity contribution is 8.00. The molecule has 2 heteroatoms. The standard InChI is InChI=1S/C67H26OS/c1-68-5-2-3-7-6(4-5)66-62-54-46-36-26-18-10-8-9-12-16-14(10)22-30-24(16)34-28-20(12)21-13(9)17-15-11(8)19(18)27-33-23(15)31-25(17)35-29(21)39-38(28)50-44(34)52-42(30)48(40(46)32(22)26)56(62)58(52)64-60(50)61-51(39)45(35)53-43(31)49-41(33)47(37(27)36)55(54)63(66)57(49)59(53)65(61)67(64,66)69-7/h2-4,10,12,14,16,18,20,26,28,36-39,47,51,55,57,59,61,63,65H,1H3. The maximum atomic E-state index is 6.49. The van der Waals surface area contributed by atoms with Gasteiger partial charge in [0.1, 0.15) is 5.75 Å². The smallest absolute Gasteiger partial charge is 0.119 e. The molecule has 1 nitrogen and oxygen atoms in total. The number of fused-ring (bicyclic) bond motifs is 1. The fourth-order valence-corrected chi connectivity index (χ4v) is 34.0. The Hall–Kier alpha value is -5.57. The van der Waals surface area contributed by atoms with Crippen LogP contribution in [0.5, 0.6) is 5.75 Å². The number of ether oxygens (including phenoxy) is 1. The molecule has 0 aromatic heterocycles. The molecule has 22 atom stereocenters. The summed E-state index contributed by atoms with van der Waals surface area (Å²) in [5.74, 6) is 14.1. The highest BCUT2D eigenvalue weighted by Crippen LogP contribution is 3.01. The van der Waals surface area contributed by atoms with Crippen molar-refractivity contribution in [2.75, 3.05) is 7.11 Å². The van der Waals surface area contributed by atoms with Crippen LogP contribution in [0.1, 0.15) is 223 Å². The molecule has 1 aliphatic heterocycles. The Morgan fingerprint density at radius 3 is 1.10 bits per heavy atom. The summed E-state index contributed by atoms with van der Waals surface area (Å²) in [7, 11) is 1.98. The van der Waals surface area contributed by atoms with Gasteiger partial charge in [0.15, 0.2) is 0 Å². The lowest BCUT2D eigenvalue weighted by atomic mass is 9.39. The van der Waals surface area contributed by atoms with Crippen molar-refractivity contribution in [3.05, 3.63) is 135 Å². The number of hydrogen-bond acceptors (Lipinski definition) is 2. The van der Waals surface area contributed by atoms with Crippen LogP contribution in [0.25, 0.3) is 97.3 Å². The van der Waals surface area contributed by atoms with E-state index < -0.39 is 0 Å². The Kier molecular flexibility index (Phi) is 2.45. The summed E-state index contributed by atoms with van der Waals surface area (Å²) in [5, 5.41) is 30.5. The first-order valence-corrected chi connectivity index (χ1v) is 28.8. The molecule has 1 heterocycles. The van der Waals surface area contributed by atoms with Crippen LogP contribution in [-0.2, 0) is 10.2 Å². The number of rotatable bonds is 1. The van der Waals surface area contributed by atoms with Crippen LogP contribution in [0.2, 0.25) is 0 Å². The van der Waals surface area contributed by atoms with E-state index in [1.165, 1.54) is 0 Å². The van der Waals surface area contributed by atoms with E-state index in [2.05, 4.69) is 30.0 Å². The van der Waals surface area contributed by atoms with Crippen LogP contribution in [0, 0.1) is 11.8 Å². The van der Waals surface area contributed by atoms with Crippen LogP contribution in [0.4, 0.5) is 0 Å². The summed E-state index contributed by atoms with van der Waals surface area (Å²) >= 11 is 2.52. The van der Waals surface area contributed by atoms with Crippen molar-refractivity contribution >= 4 is 97.9 Å². The second kappa shape index (κ2) is 6.23. The van der Waals surface area contributed by atoms with E-state index in [0.29, 0.717) is 118 Å². The van der Waals surface area contributed by atoms with Gasteiger partial charge in [0.05, 0.1) is 11.9 Å². The summed E-state index contributed by atoms with van der Waals surface area (Å²) in [6.07, 6.45) is 0. The minimum absolute atomic E-state index is 0.0231. The van der Waals surface area contributed by atoms with Crippen molar-refractivity contribution in [1.82, 2.24) is 0 Å². The Morgan fingerprint density at radius 2 is 0.652 bits per heavy atom. The maximum absolute atomic E-state index is 6.49. The largest absolute Gasteiger partial charge is 0.497 e. The number of benzene rings is 10. The van der Waals surface area contributed by atoms with E-state index in [-0.39, 0.29) is 10.2 Å². The summed E-state index contributed by atoms with van der Waals surface area (Å²) in [6.45, 7) is 0. The van der Waals surface area contributed by atoms with Gasteiger partial charge in [-0.2, -0.15) is 0 Å². The average molecular weight is 879 g/mol. The van der Waals surface area contributed by atoms with Gasteiger partial charge in [-0.05, 0) is 351 Å². The minimum atomic E-state index is -0.0327. The van der Waals surface area contributed by atoms with Crippen molar-refractivity contribution in [3.8, 4) is 16.9 Å². The number of thioether (sulfide) groups is 1.